The standard InChI is InChI=1S/C22H21NO2/c1-2-25-21(18-12-6-3-7-13-18)22(24)23(19-14-8-4-9-15-19)20-16-10-5-11-17-20/h3-17,21H,2H2,1H3. The number of rotatable bonds is 6. The van der Waals surface area contributed by atoms with Crippen LogP contribution in [-0.2, 0) is 9.53 Å². The van der Waals surface area contributed by atoms with Gasteiger partial charge >= 0.3 is 0 Å². The Morgan fingerprint density at radius 3 is 1.68 bits per heavy atom. The largest absolute Gasteiger partial charge is 0.364 e. The zero-order valence-corrected chi connectivity index (χ0v) is 14.2. The predicted molar refractivity (Wildman–Crippen MR) is 101 cm³/mol. The monoisotopic (exact) mass is 331 g/mol. The van der Waals surface area contributed by atoms with Crippen LogP contribution in [0.15, 0.2) is 91.0 Å². The minimum absolute atomic E-state index is 0.106. The van der Waals surface area contributed by atoms with E-state index in [4.69, 9.17) is 4.74 Å². The maximum atomic E-state index is 13.4. The second kappa shape index (κ2) is 8.27. The molecule has 126 valence electrons. The molecule has 3 aromatic carbocycles. The van der Waals surface area contributed by atoms with Crippen molar-refractivity contribution < 1.29 is 9.53 Å². The van der Waals surface area contributed by atoms with Crippen LogP contribution in [0.25, 0.3) is 0 Å². The van der Waals surface area contributed by atoms with Crippen molar-refractivity contribution >= 4 is 17.3 Å². The maximum absolute atomic E-state index is 13.4. The Morgan fingerprint density at radius 2 is 1.24 bits per heavy atom. The van der Waals surface area contributed by atoms with Crippen molar-refractivity contribution in [3.05, 3.63) is 96.6 Å². The van der Waals surface area contributed by atoms with Gasteiger partial charge in [0.2, 0.25) is 0 Å². The molecular weight excluding hydrogens is 310 g/mol. The highest BCUT2D eigenvalue weighted by atomic mass is 16.5. The molecule has 0 spiro atoms. The fraction of sp³-hybridized carbons (Fsp3) is 0.136. The smallest absolute Gasteiger partial charge is 0.265 e. The van der Waals surface area contributed by atoms with Crippen LogP contribution in [0.4, 0.5) is 11.4 Å². The Bertz CT molecular complexity index is 749. The summed E-state index contributed by atoms with van der Waals surface area (Å²) in [7, 11) is 0. The van der Waals surface area contributed by atoms with E-state index < -0.39 is 6.10 Å². The van der Waals surface area contributed by atoms with E-state index in [0.29, 0.717) is 6.61 Å². The summed E-state index contributed by atoms with van der Waals surface area (Å²) >= 11 is 0. The van der Waals surface area contributed by atoms with E-state index in [9.17, 15) is 4.79 Å². The lowest BCUT2D eigenvalue weighted by Gasteiger charge is -2.27. The first-order valence-electron chi connectivity index (χ1n) is 8.42. The topological polar surface area (TPSA) is 29.5 Å². The van der Waals surface area contributed by atoms with Crippen molar-refractivity contribution in [2.45, 2.75) is 13.0 Å². The van der Waals surface area contributed by atoms with Crippen molar-refractivity contribution in [3.63, 3.8) is 0 Å². The summed E-state index contributed by atoms with van der Waals surface area (Å²) in [5, 5.41) is 0. The molecule has 0 aliphatic carbocycles. The fourth-order valence-electron chi connectivity index (χ4n) is 2.78. The third-order valence-corrected chi connectivity index (χ3v) is 3.91. The van der Waals surface area contributed by atoms with E-state index in [1.54, 1.807) is 4.90 Å². The van der Waals surface area contributed by atoms with Gasteiger partial charge in [0.15, 0.2) is 6.10 Å². The lowest BCUT2D eigenvalue weighted by Crippen LogP contribution is -2.32. The van der Waals surface area contributed by atoms with Crippen LogP contribution in [-0.4, -0.2) is 12.5 Å². The number of carbonyl (C=O) groups excluding carboxylic acids is 1. The fourth-order valence-corrected chi connectivity index (χ4v) is 2.78. The average molecular weight is 331 g/mol. The summed E-state index contributed by atoms with van der Waals surface area (Å²) < 4.78 is 5.82. The van der Waals surface area contributed by atoms with Gasteiger partial charge < -0.3 is 4.74 Å². The molecule has 1 unspecified atom stereocenters. The van der Waals surface area contributed by atoms with E-state index >= 15 is 0 Å². The first-order chi connectivity index (χ1) is 12.3. The molecule has 0 saturated carbocycles. The lowest BCUT2D eigenvalue weighted by molar-refractivity contribution is -0.129. The molecule has 3 heteroatoms. The number of hydrogen-bond acceptors (Lipinski definition) is 2. The van der Waals surface area contributed by atoms with Crippen molar-refractivity contribution in [1.29, 1.82) is 0 Å². The van der Waals surface area contributed by atoms with E-state index in [2.05, 4.69) is 0 Å². The van der Waals surface area contributed by atoms with Gasteiger partial charge in [0.25, 0.3) is 5.91 Å². The Balaban J connectivity index is 2.04. The molecule has 25 heavy (non-hydrogen) atoms. The first kappa shape index (κ1) is 16.9. The number of benzene rings is 3. The predicted octanol–water partition coefficient (Wildman–Crippen LogP) is 5.13. The van der Waals surface area contributed by atoms with E-state index in [-0.39, 0.29) is 5.91 Å². The number of anilines is 2. The van der Waals surface area contributed by atoms with Crippen molar-refractivity contribution in [2.75, 3.05) is 11.5 Å². The highest BCUT2D eigenvalue weighted by Gasteiger charge is 2.28. The van der Waals surface area contributed by atoms with Crippen LogP contribution in [0, 0.1) is 0 Å². The van der Waals surface area contributed by atoms with Crippen molar-refractivity contribution in [2.24, 2.45) is 0 Å². The molecule has 1 atom stereocenters. The molecule has 0 bridgehead atoms. The van der Waals surface area contributed by atoms with Gasteiger partial charge in [0, 0.05) is 18.0 Å². The summed E-state index contributed by atoms with van der Waals surface area (Å²) in [6, 6.07) is 28.9. The molecule has 0 fully saturated rings. The Morgan fingerprint density at radius 1 is 0.800 bits per heavy atom. The minimum atomic E-state index is -0.647. The highest BCUT2D eigenvalue weighted by molar-refractivity contribution is 6.03. The summed E-state index contributed by atoms with van der Waals surface area (Å²) in [5.41, 5.74) is 2.49. The van der Waals surface area contributed by atoms with Gasteiger partial charge in [-0.3, -0.25) is 9.69 Å². The minimum Gasteiger partial charge on any atom is -0.364 e. The number of para-hydroxylation sites is 2. The summed E-state index contributed by atoms with van der Waals surface area (Å²) in [4.78, 5) is 15.2. The van der Waals surface area contributed by atoms with E-state index in [0.717, 1.165) is 16.9 Å². The van der Waals surface area contributed by atoms with Crippen LogP contribution in [0.1, 0.15) is 18.6 Å². The SMILES string of the molecule is CCOC(C(=O)N(c1ccccc1)c1ccccc1)c1ccccc1. The van der Waals surface area contributed by atoms with E-state index in [1.165, 1.54) is 0 Å². The quantitative estimate of drug-likeness (QED) is 0.627. The van der Waals surface area contributed by atoms with Crippen LogP contribution < -0.4 is 4.90 Å². The van der Waals surface area contributed by atoms with Gasteiger partial charge in [-0.1, -0.05) is 66.7 Å². The van der Waals surface area contributed by atoms with Crippen molar-refractivity contribution in [1.82, 2.24) is 0 Å². The first-order valence-corrected chi connectivity index (χ1v) is 8.42. The van der Waals surface area contributed by atoms with Crippen LogP contribution >= 0.6 is 0 Å². The second-order valence-electron chi connectivity index (χ2n) is 5.59. The molecule has 3 rings (SSSR count). The molecule has 0 saturated heterocycles. The number of amides is 1. The third kappa shape index (κ3) is 3.95. The third-order valence-electron chi connectivity index (χ3n) is 3.91. The number of carbonyl (C=O) groups is 1. The summed E-state index contributed by atoms with van der Waals surface area (Å²) in [6.07, 6.45) is -0.647. The molecule has 0 aliphatic rings. The van der Waals surface area contributed by atoms with Crippen LogP contribution in [0.3, 0.4) is 0 Å². The van der Waals surface area contributed by atoms with E-state index in [1.807, 2.05) is 97.9 Å². The molecule has 0 heterocycles. The van der Waals surface area contributed by atoms with Crippen LogP contribution in [0.2, 0.25) is 0 Å². The zero-order chi connectivity index (χ0) is 17.5. The van der Waals surface area contributed by atoms with Gasteiger partial charge in [0.1, 0.15) is 0 Å². The molecule has 1 amide bonds. The summed E-state index contributed by atoms with van der Waals surface area (Å²) in [5.74, 6) is -0.106. The van der Waals surface area contributed by atoms with Gasteiger partial charge in [-0.2, -0.15) is 0 Å². The zero-order valence-electron chi connectivity index (χ0n) is 14.2. The molecule has 3 nitrogen and oxygen atoms in total. The van der Waals surface area contributed by atoms with Gasteiger partial charge in [-0.25, -0.2) is 0 Å². The van der Waals surface area contributed by atoms with Crippen molar-refractivity contribution in [3.8, 4) is 0 Å². The van der Waals surface area contributed by atoms with Crippen LogP contribution in [0.5, 0.6) is 0 Å². The lowest BCUT2D eigenvalue weighted by atomic mass is 10.1. The Kier molecular flexibility index (Phi) is 5.60. The van der Waals surface area contributed by atoms with Gasteiger partial charge in [-0.05, 0) is 36.8 Å². The molecule has 3 aromatic rings. The average Bonchev–Trinajstić information content (AvgIpc) is 2.68. The molecule has 0 aromatic heterocycles. The molecule has 0 N–H and O–H groups in total. The molecule has 0 aliphatic heterocycles. The Hall–Kier alpha value is -2.91. The highest BCUT2D eigenvalue weighted by Crippen LogP contribution is 2.30. The molecular formula is C22H21NO2. The maximum Gasteiger partial charge on any atom is 0.265 e. The van der Waals surface area contributed by atoms with Gasteiger partial charge in [-0.15, -0.1) is 0 Å². The second-order valence-corrected chi connectivity index (χ2v) is 5.59. The summed E-state index contributed by atoms with van der Waals surface area (Å²) in [6.45, 7) is 2.36. The Labute approximate surface area is 148 Å². The normalized spacial score (nSPS) is 11.7. The van der Waals surface area contributed by atoms with Gasteiger partial charge in [0.05, 0.1) is 0 Å². The number of ether oxygens (including phenoxy) is 1. The molecule has 0 radical (unpaired) electrons. The number of hydrogen-bond donors (Lipinski definition) is 0. The number of nitrogens with zero attached hydrogens (tertiary/aromatic N) is 1.